The summed E-state index contributed by atoms with van der Waals surface area (Å²) in [5.41, 5.74) is 5.37. The molecule has 30 heavy (non-hydrogen) atoms. The fraction of sp³-hybridized carbons (Fsp3) is 0.897. The summed E-state index contributed by atoms with van der Waals surface area (Å²) in [6.45, 7) is 17.4. The quantitative estimate of drug-likeness (QED) is 0.368. The number of hydrogen-bond donors (Lipinski definition) is 0. The van der Waals surface area contributed by atoms with E-state index in [1.165, 1.54) is 57.8 Å². The number of allylic oxidation sites excluding steroid dienone is 2. The molecule has 5 aliphatic carbocycles. The molecule has 0 aliphatic heterocycles. The van der Waals surface area contributed by atoms with Crippen molar-refractivity contribution in [3.05, 3.63) is 11.1 Å². The number of ketones is 1. The number of carbonyl (C=O) groups excluding carboxylic acids is 1. The van der Waals surface area contributed by atoms with Gasteiger partial charge in [-0.1, -0.05) is 59.6 Å². The molecule has 1 nitrogen and oxygen atoms in total. The molecule has 0 radical (unpaired) electrons. The van der Waals surface area contributed by atoms with Crippen LogP contribution in [0, 0.1) is 44.8 Å². The van der Waals surface area contributed by atoms with Gasteiger partial charge in [-0.05, 0) is 104 Å². The first kappa shape index (κ1) is 21.3. The Hall–Kier alpha value is -0.590. The molecule has 1 heteroatoms. The second-order valence-electron chi connectivity index (χ2n) is 14.3. The monoisotopic (exact) mass is 410 g/mol. The lowest BCUT2D eigenvalue weighted by Crippen LogP contribution is -2.56. The molecule has 0 aromatic heterocycles. The Morgan fingerprint density at radius 3 is 2.03 bits per heavy atom. The summed E-state index contributed by atoms with van der Waals surface area (Å²) in [7, 11) is 0. The molecule has 0 heterocycles. The Labute approximate surface area is 185 Å². The van der Waals surface area contributed by atoms with Gasteiger partial charge in [-0.15, -0.1) is 0 Å². The molecule has 5 rings (SSSR count). The van der Waals surface area contributed by atoms with Gasteiger partial charge in [0.1, 0.15) is 5.78 Å². The highest BCUT2D eigenvalue weighted by Crippen LogP contribution is 2.70. The van der Waals surface area contributed by atoms with Crippen molar-refractivity contribution in [3.63, 3.8) is 0 Å². The number of Topliss-reactive ketones (excluding diaryl/α,β-unsaturated/α-hetero) is 1. The van der Waals surface area contributed by atoms with Gasteiger partial charge in [0.25, 0.3) is 0 Å². The first-order valence-corrected chi connectivity index (χ1v) is 13.1. The standard InChI is InChI=1S/C29H46O/c1-25(2)14-15-27(5)16-17-28(6)19-10-11-23-26(3,4)24(30)12-13-29(23,7)20(19)8-9-21(28)22(27)18-25/h21-23H,8-18H2,1-7H3/t21-,22+,23+,27-,28+,29-/m1/s1. The Kier molecular flexibility index (Phi) is 4.43. The smallest absolute Gasteiger partial charge is 0.138 e. The summed E-state index contributed by atoms with van der Waals surface area (Å²) in [4.78, 5) is 12.8. The van der Waals surface area contributed by atoms with Crippen LogP contribution in [0.5, 0.6) is 0 Å². The highest BCUT2D eigenvalue weighted by atomic mass is 16.1. The zero-order valence-electron chi connectivity index (χ0n) is 20.9. The Morgan fingerprint density at radius 2 is 1.30 bits per heavy atom. The van der Waals surface area contributed by atoms with Crippen LogP contribution < -0.4 is 0 Å². The van der Waals surface area contributed by atoms with Gasteiger partial charge < -0.3 is 0 Å². The molecule has 0 spiro atoms. The van der Waals surface area contributed by atoms with E-state index in [9.17, 15) is 4.79 Å². The molecule has 0 bridgehead atoms. The third-order valence-electron chi connectivity index (χ3n) is 11.9. The highest BCUT2D eigenvalue weighted by molar-refractivity contribution is 5.85. The van der Waals surface area contributed by atoms with Gasteiger partial charge in [-0.2, -0.15) is 0 Å². The zero-order valence-corrected chi connectivity index (χ0v) is 20.9. The predicted octanol–water partition coefficient (Wildman–Crippen LogP) is 8.13. The van der Waals surface area contributed by atoms with E-state index in [4.69, 9.17) is 0 Å². The van der Waals surface area contributed by atoms with Gasteiger partial charge in [0.05, 0.1) is 0 Å². The molecule has 3 saturated carbocycles. The first-order chi connectivity index (χ1) is 13.8. The van der Waals surface area contributed by atoms with Crippen molar-refractivity contribution < 1.29 is 4.79 Å². The zero-order chi connectivity index (χ0) is 21.7. The fourth-order valence-corrected chi connectivity index (χ4v) is 9.81. The summed E-state index contributed by atoms with van der Waals surface area (Å²) in [5.74, 6) is 2.86. The molecular formula is C29H46O. The maximum absolute atomic E-state index is 12.8. The summed E-state index contributed by atoms with van der Waals surface area (Å²) in [6.07, 6.45) is 14.3. The topological polar surface area (TPSA) is 17.1 Å². The lowest BCUT2D eigenvalue weighted by atomic mass is 9.40. The lowest BCUT2D eigenvalue weighted by molar-refractivity contribution is -0.140. The maximum atomic E-state index is 12.8. The molecule has 6 atom stereocenters. The second kappa shape index (κ2) is 6.26. The van der Waals surface area contributed by atoms with E-state index in [0.29, 0.717) is 27.9 Å². The van der Waals surface area contributed by atoms with Gasteiger partial charge in [0.15, 0.2) is 0 Å². The van der Waals surface area contributed by atoms with Gasteiger partial charge in [0.2, 0.25) is 0 Å². The third-order valence-corrected chi connectivity index (χ3v) is 11.9. The summed E-state index contributed by atoms with van der Waals surface area (Å²) in [6, 6.07) is 0. The molecule has 5 aliphatic rings. The molecule has 0 N–H and O–H groups in total. The molecule has 0 aromatic rings. The lowest BCUT2D eigenvalue weighted by Gasteiger charge is -2.64. The van der Waals surface area contributed by atoms with Crippen LogP contribution in [0.25, 0.3) is 0 Å². The third kappa shape index (κ3) is 2.68. The normalized spacial score (nSPS) is 49.6. The van der Waals surface area contributed by atoms with E-state index in [0.717, 1.165) is 24.7 Å². The van der Waals surface area contributed by atoms with E-state index in [1.54, 1.807) is 0 Å². The number of rotatable bonds is 0. The van der Waals surface area contributed by atoms with Crippen molar-refractivity contribution in [2.45, 2.75) is 119 Å². The van der Waals surface area contributed by atoms with Crippen LogP contribution in [0.3, 0.4) is 0 Å². The summed E-state index contributed by atoms with van der Waals surface area (Å²) in [5, 5.41) is 0. The first-order valence-electron chi connectivity index (χ1n) is 13.1. The van der Waals surface area contributed by atoms with Crippen molar-refractivity contribution in [2.24, 2.45) is 44.8 Å². The second-order valence-corrected chi connectivity index (χ2v) is 14.3. The van der Waals surface area contributed by atoms with Gasteiger partial charge in [0, 0.05) is 11.8 Å². The van der Waals surface area contributed by atoms with Crippen molar-refractivity contribution in [3.8, 4) is 0 Å². The number of carbonyl (C=O) groups is 1. The van der Waals surface area contributed by atoms with Crippen LogP contribution in [-0.2, 0) is 4.79 Å². The van der Waals surface area contributed by atoms with Gasteiger partial charge in [-0.3, -0.25) is 4.79 Å². The van der Waals surface area contributed by atoms with E-state index < -0.39 is 0 Å². The van der Waals surface area contributed by atoms with Crippen molar-refractivity contribution in [1.82, 2.24) is 0 Å². The fourth-order valence-electron chi connectivity index (χ4n) is 9.81. The molecule has 0 unspecified atom stereocenters. The minimum absolute atomic E-state index is 0.137. The van der Waals surface area contributed by atoms with E-state index in [2.05, 4.69) is 48.5 Å². The van der Waals surface area contributed by atoms with Gasteiger partial charge >= 0.3 is 0 Å². The van der Waals surface area contributed by atoms with Crippen LogP contribution in [0.4, 0.5) is 0 Å². The molecule has 3 fully saturated rings. The van der Waals surface area contributed by atoms with Crippen LogP contribution in [0.2, 0.25) is 0 Å². The SMILES string of the molecule is CC1(C)CC[C@]2(C)CC[C@@]3(C)C4=C(CC[C@@H]3[C@@H]2C1)[C@@]1(C)CCC(=O)C(C)(C)[C@@H]1CC4. The summed E-state index contributed by atoms with van der Waals surface area (Å²) >= 11 is 0. The van der Waals surface area contributed by atoms with Crippen LogP contribution in [0.15, 0.2) is 11.1 Å². The maximum Gasteiger partial charge on any atom is 0.138 e. The molecule has 168 valence electrons. The minimum atomic E-state index is -0.137. The molecule has 0 saturated heterocycles. The van der Waals surface area contributed by atoms with E-state index in [1.807, 2.05) is 11.1 Å². The van der Waals surface area contributed by atoms with E-state index in [-0.39, 0.29) is 10.8 Å². The number of hydrogen-bond acceptors (Lipinski definition) is 1. The van der Waals surface area contributed by atoms with Gasteiger partial charge in [-0.25, -0.2) is 0 Å². The number of fused-ring (bicyclic) bond motifs is 6. The highest BCUT2D eigenvalue weighted by Gasteiger charge is 2.61. The molecular weight excluding hydrogens is 364 g/mol. The molecule has 0 aromatic carbocycles. The minimum Gasteiger partial charge on any atom is -0.299 e. The van der Waals surface area contributed by atoms with Crippen molar-refractivity contribution in [2.75, 3.05) is 0 Å². The van der Waals surface area contributed by atoms with Crippen LogP contribution in [0.1, 0.15) is 119 Å². The van der Waals surface area contributed by atoms with Crippen molar-refractivity contribution >= 4 is 5.78 Å². The van der Waals surface area contributed by atoms with E-state index >= 15 is 0 Å². The summed E-state index contributed by atoms with van der Waals surface area (Å²) < 4.78 is 0. The van der Waals surface area contributed by atoms with Crippen LogP contribution >= 0.6 is 0 Å². The van der Waals surface area contributed by atoms with Crippen molar-refractivity contribution in [1.29, 1.82) is 0 Å². The van der Waals surface area contributed by atoms with Crippen LogP contribution in [-0.4, -0.2) is 5.78 Å². The largest absolute Gasteiger partial charge is 0.299 e. The predicted molar refractivity (Wildman–Crippen MR) is 125 cm³/mol. The Bertz CT molecular complexity index is 799. The molecule has 0 amide bonds. The average molecular weight is 411 g/mol. The average Bonchev–Trinajstić information content (AvgIpc) is 2.66. The Morgan fingerprint density at radius 1 is 0.667 bits per heavy atom. The Balaban J connectivity index is 1.55.